The lowest BCUT2D eigenvalue weighted by atomic mass is 9.49. The number of carbonyl (C=O) groups excluding carboxylic acids is 2. The van der Waals surface area contributed by atoms with Crippen LogP contribution >= 0.6 is 0 Å². The first-order valence-corrected chi connectivity index (χ1v) is 11.0. The molecule has 0 spiro atoms. The number of rotatable bonds is 0. The van der Waals surface area contributed by atoms with Gasteiger partial charge in [-0.05, 0) is 85.5 Å². The Morgan fingerprint density at radius 1 is 0.690 bits per heavy atom. The fourth-order valence-electron chi connectivity index (χ4n) is 7.11. The van der Waals surface area contributed by atoms with E-state index in [9.17, 15) is 9.59 Å². The molecular weight excluding hydrogens is 360 g/mol. The lowest BCUT2D eigenvalue weighted by Gasteiger charge is -2.52. The van der Waals surface area contributed by atoms with Gasteiger partial charge < -0.3 is 4.74 Å². The van der Waals surface area contributed by atoms with Crippen molar-refractivity contribution in [2.24, 2.45) is 23.7 Å². The third-order valence-electron chi connectivity index (χ3n) is 8.18. The van der Waals surface area contributed by atoms with Gasteiger partial charge in [0.15, 0.2) is 0 Å². The zero-order valence-electron chi connectivity index (χ0n) is 17.0. The van der Waals surface area contributed by atoms with Crippen molar-refractivity contribution >= 4 is 11.9 Å². The fraction of sp³-hybridized carbons (Fsp3) is 0.462. The normalized spacial score (nSPS) is 34.4. The van der Waals surface area contributed by atoms with E-state index in [0.717, 1.165) is 25.7 Å². The highest BCUT2D eigenvalue weighted by atomic mass is 16.6. The fourth-order valence-corrected chi connectivity index (χ4v) is 7.11. The van der Waals surface area contributed by atoms with Crippen molar-refractivity contribution in [2.45, 2.75) is 51.4 Å². The second-order valence-corrected chi connectivity index (χ2v) is 9.65. The number of hydrogen-bond donors (Lipinski definition) is 0. The SMILES string of the molecule is Cc1ccc2c(c1)[C@H]1[C@H](CC2)[C@H]2C(=O)OC(=O)[C@@H]2[C@H]2CCc3ccc(C)cc3[C@@H]21. The van der Waals surface area contributed by atoms with Gasteiger partial charge in [0.2, 0.25) is 0 Å². The Bertz CT molecular complexity index is 968. The predicted molar refractivity (Wildman–Crippen MR) is 110 cm³/mol. The highest BCUT2D eigenvalue weighted by molar-refractivity contribution is 5.97. The Hall–Kier alpha value is -2.42. The summed E-state index contributed by atoms with van der Waals surface area (Å²) in [5.74, 6) is -0.0583. The largest absolute Gasteiger partial charge is 0.393 e. The van der Waals surface area contributed by atoms with Crippen molar-refractivity contribution in [3.8, 4) is 0 Å². The minimum absolute atomic E-state index is 0.195. The molecule has 0 unspecified atom stereocenters. The van der Waals surface area contributed by atoms with Crippen LogP contribution < -0.4 is 0 Å². The van der Waals surface area contributed by atoms with Crippen LogP contribution in [0.1, 0.15) is 58.1 Å². The first-order chi connectivity index (χ1) is 14.0. The van der Waals surface area contributed by atoms with E-state index in [2.05, 4.69) is 50.2 Å². The molecule has 148 valence electrons. The van der Waals surface area contributed by atoms with E-state index in [-0.39, 0.29) is 35.6 Å². The zero-order chi connectivity index (χ0) is 19.9. The maximum atomic E-state index is 12.8. The van der Waals surface area contributed by atoms with Crippen molar-refractivity contribution in [1.29, 1.82) is 0 Å². The first-order valence-electron chi connectivity index (χ1n) is 11.0. The van der Waals surface area contributed by atoms with Gasteiger partial charge in [0.25, 0.3) is 0 Å². The smallest absolute Gasteiger partial charge is 0.317 e. The van der Waals surface area contributed by atoms with Crippen molar-refractivity contribution in [3.63, 3.8) is 0 Å². The van der Waals surface area contributed by atoms with Gasteiger partial charge in [-0.25, -0.2) is 0 Å². The topological polar surface area (TPSA) is 43.4 Å². The molecule has 0 bridgehead atoms. The van der Waals surface area contributed by atoms with Gasteiger partial charge in [0, 0.05) is 0 Å². The molecular formula is C26H26O3. The summed E-state index contributed by atoms with van der Waals surface area (Å²) >= 11 is 0. The lowest BCUT2D eigenvalue weighted by Crippen LogP contribution is -2.48. The molecule has 6 atom stereocenters. The summed E-state index contributed by atoms with van der Waals surface area (Å²) in [4.78, 5) is 25.6. The maximum absolute atomic E-state index is 12.8. The molecule has 0 amide bonds. The molecule has 2 aromatic rings. The van der Waals surface area contributed by atoms with Gasteiger partial charge in [0.05, 0.1) is 11.8 Å². The Morgan fingerprint density at radius 2 is 1.14 bits per heavy atom. The predicted octanol–water partition coefficient (Wildman–Crippen LogP) is 4.63. The Kier molecular flexibility index (Phi) is 3.63. The van der Waals surface area contributed by atoms with Crippen LogP contribution in [0.3, 0.4) is 0 Å². The van der Waals surface area contributed by atoms with Crippen molar-refractivity contribution in [1.82, 2.24) is 0 Å². The van der Waals surface area contributed by atoms with Crippen LogP contribution in [-0.2, 0) is 27.2 Å². The molecule has 0 aromatic heterocycles. The minimum Gasteiger partial charge on any atom is -0.393 e. The quantitative estimate of drug-likeness (QED) is 0.490. The Morgan fingerprint density at radius 3 is 1.59 bits per heavy atom. The van der Waals surface area contributed by atoms with Gasteiger partial charge in [-0.15, -0.1) is 0 Å². The summed E-state index contributed by atoms with van der Waals surface area (Å²) in [6.45, 7) is 4.30. The standard InChI is InChI=1S/C26H26O3/c1-13-3-5-15-7-9-17-21(19(15)11-13)22-18(24-23(17)25(27)29-26(24)28)10-8-16-6-4-14(2)12-20(16)22/h3-6,11-12,17-18,21-24H,7-10H2,1-2H3/t17-,18-,21+,22+,23+,24+/m0/s1. The van der Waals surface area contributed by atoms with Gasteiger partial charge in [-0.1, -0.05) is 47.5 Å². The number of aryl methyl sites for hydroxylation is 4. The minimum atomic E-state index is -0.264. The zero-order valence-corrected chi connectivity index (χ0v) is 17.0. The van der Waals surface area contributed by atoms with Crippen LogP contribution in [0.5, 0.6) is 0 Å². The van der Waals surface area contributed by atoms with Gasteiger partial charge in [-0.3, -0.25) is 9.59 Å². The number of cyclic esters (lactones) is 2. The Labute approximate surface area is 171 Å². The lowest BCUT2D eigenvalue weighted by molar-refractivity contribution is -0.154. The third kappa shape index (κ3) is 2.36. The van der Waals surface area contributed by atoms with E-state index >= 15 is 0 Å². The van der Waals surface area contributed by atoms with Gasteiger partial charge in [0.1, 0.15) is 0 Å². The molecule has 2 fully saturated rings. The molecule has 3 heteroatoms. The van der Waals surface area contributed by atoms with E-state index in [1.807, 2.05) is 0 Å². The van der Waals surface area contributed by atoms with Crippen LogP contribution in [0, 0.1) is 37.5 Å². The summed E-state index contributed by atoms with van der Waals surface area (Å²) in [6, 6.07) is 13.6. The van der Waals surface area contributed by atoms with E-state index < -0.39 is 0 Å². The molecule has 1 saturated heterocycles. The molecule has 29 heavy (non-hydrogen) atoms. The van der Waals surface area contributed by atoms with Crippen molar-refractivity contribution in [3.05, 3.63) is 69.8 Å². The molecule has 3 aliphatic carbocycles. The molecule has 6 rings (SSSR count). The number of fused-ring (bicyclic) bond motifs is 10. The second-order valence-electron chi connectivity index (χ2n) is 9.65. The average Bonchev–Trinajstić information content (AvgIpc) is 3.01. The summed E-state index contributed by atoms with van der Waals surface area (Å²) in [6.07, 6.45) is 3.91. The summed E-state index contributed by atoms with van der Waals surface area (Å²) in [7, 11) is 0. The highest BCUT2D eigenvalue weighted by Crippen LogP contribution is 2.63. The Balaban J connectivity index is 1.60. The van der Waals surface area contributed by atoms with Gasteiger partial charge >= 0.3 is 11.9 Å². The van der Waals surface area contributed by atoms with Crippen LogP contribution in [0.2, 0.25) is 0 Å². The van der Waals surface area contributed by atoms with Crippen LogP contribution in [0.4, 0.5) is 0 Å². The molecule has 1 heterocycles. The molecule has 2 aromatic carbocycles. The van der Waals surface area contributed by atoms with Crippen LogP contribution in [0.25, 0.3) is 0 Å². The summed E-state index contributed by atoms with van der Waals surface area (Å²) in [5, 5.41) is 0. The first kappa shape index (κ1) is 17.4. The summed E-state index contributed by atoms with van der Waals surface area (Å²) in [5.41, 5.74) is 8.22. The van der Waals surface area contributed by atoms with E-state index in [0.29, 0.717) is 11.8 Å². The average molecular weight is 386 g/mol. The molecule has 1 aliphatic heterocycles. The molecule has 4 aliphatic rings. The number of benzene rings is 2. The van der Waals surface area contributed by atoms with E-state index in [1.54, 1.807) is 0 Å². The maximum Gasteiger partial charge on any atom is 0.317 e. The molecule has 0 radical (unpaired) electrons. The summed E-state index contributed by atoms with van der Waals surface area (Å²) < 4.78 is 5.25. The number of ether oxygens (including phenoxy) is 1. The van der Waals surface area contributed by atoms with E-state index in [4.69, 9.17) is 4.74 Å². The molecule has 1 saturated carbocycles. The molecule has 3 nitrogen and oxygen atoms in total. The van der Waals surface area contributed by atoms with Crippen molar-refractivity contribution in [2.75, 3.05) is 0 Å². The monoisotopic (exact) mass is 386 g/mol. The van der Waals surface area contributed by atoms with E-state index in [1.165, 1.54) is 33.4 Å². The van der Waals surface area contributed by atoms with Crippen LogP contribution in [-0.4, -0.2) is 11.9 Å². The number of esters is 2. The number of carbonyl (C=O) groups is 2. The van der Waals surface area contributed by atoms with Gasteiger partial charge in [-0.2, -0.15) is 0 Å². The second kappa shape index (κ2) is 6.04. The van der Waals surface area contributed by atoms with Crippen LogP contribution in [0.15, 0.2) is 36.4 Å². The van der Waals surface area contributed by atoms with Crippen molar-refractivity contribution < 1.29 is 14.3 Å². The third-order valence-corrected chi connectivity index (χ3v) is 8.18. The highest BCUT2D eigenvalue weighted by Gasteiger charge is 2.62. The number of hydrogen-bond acceptors (Lipinski definition) is 3. The molecule has 0 N–H and O–H groups in total.